The summed E-state index contributed by atoms with van der Waals surface area (Å²) in [6.45, 7) is 3.06. The number of hydrogen-bond donors (Lipinski definition) is 0. The van der Waals surface area contributed by atoms with Gasteiger partial charge in [0, 0.05) is 29.9 Å². The van der Waals surface area contributed by atoms with E-state index in [1.807, 2.05) is 0 Å². The van der Waals surface area contributed by atoms with Crippen molar-refractivity contribution in [2.45, 2.75) is 45.4 Å². The molecule has 2 aliphatic rings. The van der Waals surface area contributed by atoms with Gasteiger partial charge in [-0.3, -0.25) is 18.8 Å². The van der Waals surface area contributed by atoms with Gasteiger partial charge in [-0.2, -0.15) is 0 Å². The fraction of sp³-hybridized carbons (Fsp3) is 0.579. The maximum Gasteiger partial charge on any atom is 0.309 e. The second kappa shape index (κ2) is 7.42. The second-order valence-corrected chi connectivity index (χ2v) is 8.15. The van der Waals surface area contributed by atoms with Crippen LogP contribution >= 0.6 is 11.3 Å². The van der Waals surface area contributed by atoms with E-state index in [4.69, 9.17) is 4.74 Å². The Morgan fingerprint density at radius 2 is 2.00 bits per heavy atom. The van der Waals surface area contributed by atoms with Gasteiger partial charge < -0.3 is 9.64 Å². The van der Waals surface area contributed by atoms with Crippen LogP contribution in [0.15, 0.2) is 11.0 Å². The number of aromatic nitrogens is 2. The molecule has 0 aromatic carbocycles. The summed E-state index contributed by atoms with van der Waals surface area (Å²) >= 11 is 1.55. The molecule has 0 N–H and O–H groups in total. The van der Waals surface area contributed by atoms with Crippen LogP contribution in [0.3, 0.4) is 0 Å². The van der Waals surface area contributed by atoms with Gasteiger partial charge in [0.1, 0.15) is 5.56 Å². The Labute approximate surface area is 161 Å². The van der Waals surface area contributed by atoms with Crippen LogP contribution in [-0.2, 0) is 22.4 Å². The van der Waals surface area contributed by atoms with Gasteiger partial charge in [0.25, 0.3) is 11.5 Å². The summed E-state index contributed by atoms with van der Waals surface area (Å²) in [6.07, 6.45) is 6.58. The lowest BCUT2D eigenvalue weighted by Gasteiger charge is -2.30. The van der Waals surface area contributed by atoms with Gasteiger partial charge in [-0.05, 0) is 45.4 Å². The normalized spacial score (nSPS) is 17.7. The van der Waals surface area contributed by atoms with Crippen molar-refractivity contribution in [1.29, 1.82) is 0 Å². The minimum atomic E-state index is -0.292. The third-order valence-electron chi connectivity index (χ3n) is 5.44. The Balaban J connectivity index is 1.56. The first-order valence-electron chi connectivity index (χ1n) is 9.58. The van der Waals surface area contributed by atoms with E-state index in [9.17, 15) is 14.4 Å². The molecule has 0 saturated carbocycles. The van der Waals surface area contributed by atoms with E-state index in [1.165, 1.54) is 11.1 Å². The SMILES string of the molecule is CCOC(=O)C1CCN(C(=O)c2cnc3sc4c(n3c2=O)CCCC4)CC1. The molecule has 0 unspecified atom stereocenters. The van der Waals surface area contributed by atoms with E-state index < -0.39 is 0 Å². The lowest BCUT2D eigenvalue weighted by molar-refractivity contribution is -0.149. The second-order valence-electron chi connectivity index (χ2n) is 7.09. The highest BCUT2D eigenvalue weighted by Gasteiger charge is 2.30. The molecule has 0 spiro atoms. The van der Waals surface area contributed by atoms with E-state index >= 15 is 0 Å². The summed E-state index contributed by atoms with van der Waals surface area (Å²) < 4.78 is 6.71. The number of likely N-dealkylation sites (tertiary alicyclic amines) is 1. The monoisotopic (exact) mass is 389 g/mol. The highest BCUT2D eigenvalue weighted by Crippen LogP contribution is 2.28. The molecule has 2 aromatic heterocycles. The number of piperidine rings is 1. The number of esters is 1. The number of amides is 1. The fourth-order valence-corrected chi connectivity index (χ4v) is 5.13. The van der Waals surface area contributed by atoms with Gasteiger partial charge in [0.05, 0.1) is 12.5 Å². The van der Waals surface area contributed by atoms with E-state index in [-0.39, 0.29) is 28.9 Å². The largest absolute Gasteiger partial charge is 0.466 e. The van der Waals surface area contributed by atoms with Crippen molar-refractivity contribution in [2.75, 3.05) is 19.7 Å². The maximum atomic E-state index is 13.0. The van der Waals surface area contributed by atoms with Crippen LogP contribution < -0.4 is 5.56 Å². The molecular weight excluding hydrogens is 366 g/mol. The standard InChI is InChI=1S/C19H23N3O4S/c1-2-26-18(25)12-7-9-21(10-8-12)16(23)13-11-20-19-22(17(13)24)14-5-3-4-6-15(14)27-19/h11-12H,2-10H2,1H3. The molecule has 1 amide bonds. The van der Waals surface area contributed by atoms with Gasteiger partial charge in [0.15, 0.2) is 4.96 Å². The molecular formula is C19H23N3O4S. The summed E-state index contributed by atoms with van der Waals surface area (Å²) in [5.41, 5.74) is 0.875. The Morgan fingerprint density at radius 1 is 1.26 bits per heavy atom. The van der Waals surface area contributed by atoms with Crippen molar-refractivity contribution in [3.05, 3.63) is 32.7 Å². The molecule has 1 saturated heterocycles. The number of nitrogens with zero attached hydrogens (tertiary/aromatic N) is 3. The Hall–Kier alpha value is -2.22. The number of carbonyl (C=O) groups excluding carboxylic acids is 2. The summed E-state index contributed by atoms with van der Waals surface area (Å²) in [7, 11) is 0. The van der Waals surface area contributed by atoms with Crippen LogP contribution in [0.1, 0.15) is 53.5 Å². The van der Waals surface area contributed by atoms with Crippen LogP contribution in [0, 0.1) is 5.92 Å². The van der Waals surface area contributed by atoms with E-state index in [0.29, 0.717) is 37.5 Å². The lowest BCUT2D eigenvalue weighted by atomic mass is 9.96. The van der Waals surface area contributed by atoms with Gasteiger partial charge in [0.2, 0.25) is 0 Å². The number of rotatable bonds is 3. The number of fused-ring (bicyclic) bond motifs is 3. The first kappa shape index (κ1) is 18.2. The Bertz CT molecular complexity index is 940. The zero-order valence-corrected chi connectivity index (χ0v) is 16.2. The summed E-state index contributed by atoms with van der Waals surface area (Å²) in [5, 5.41) is 0. The predicted octanol–water partition coefficient (Wildman–Crippen LogP) is 2.05. The molecule has 4 rings (SSSR count). The number of ether oxygens (including phenoxy) is 1. The van der Waals surface area contributed by atoms with Crippen LogP contribution in [0.2, 0.25) is 0 Å². The predicted molar refractivity (Wildman–Crippen MR) is 101 cm³/mol. The van der Waals surface area contributed by atoms with Gasteiger partial charge in [-0.25, -0.2) is 4.98 Å². The molecule has 0 atom stereocenters. The molecule has 0 radical (unpaired) electrons. The van der Waals surface area contributed by atoms with E-state index in [2.05, 4.69) is 4.98 Å². The number of aryl methyl sites for hydroxylation is 2. The quantitative estimate of drug-likeness (QED) is 0.751. The van der Waals surface area contributed by atoms with E-state index in [1.54, 1.807) is 27.6 Å². The molecule has 144 valence electrons. The molecule has 1 aliphatic heterocycles. The Morgan fingerprint density at radius 3 is 2.74 bits per heavy atom. The highest BCUT2D eigenvalue weighted by atomic mass is 32.1. The van der Waals surface area contributed by atoms with Crippen molar-refractivity contribution in [3.63, 3.8) is 0 Å². The zero-order valence-electron chi connectivity index (χ0n) is 15.4. The van der Waals surface area contributed by atoms with Crippen molar-refractivity contribution in [1.82, 2.24) is 14.3 Å². The molecule has 1 aliphatic carbocycles. The summed E-state index contributed by atoms with van der Waals surface area (Å²) in [5.74, 6) is -0.655. The average Bonchev–Trinajstić information content (AvgIpc) is 3.07. The van der Waals surface area contributed by atoms with E-state index in [0.717, 1.165) is 31.4 Å². The molecule has 1 fully saturated rings. The highest BCUT2D eigenvalue weighted by molar-refractivity contribution is 7.17. The average molecular weight is 389 g/mol. The van der Waals surface area contributed by atoms with Gasteiger partial charge in [-0.1, -0.05) is 0 Å². The summed E-state index contributed by atoms with van der Waals surface area (Å²) in [6, 6.07) is 0. The summed E-state index contributed by atoms with van der Waals surface area (Å²) in [4.78, 5) is 45.7. The number of carbonyl (C=O) groups is 2. The topological polar surface area (TPSA) is 81.0 Å². The first-order chi connectivity index (χ1) is 13.1. The molecule has 0 bridgehead atoms. The Kier molecular flexibility index (Phi) is 4.99. The number of thiazole rings is 1. The van der Waals surface area contributed by atoms with Crippen molar-refractivity contribution >= 4 is 28.2 Å². The van der Waals surface area contributed by atoms with Crippen LogP contribution in [0.4, 0.5) is 0 Å². The third-order valence-corrected chi connectivity index (χ3v) is 6.59. The van der Waals surface area contributed by atoms with Crippen molar-refractivity contribution in [2.24, 2.45) is 5.92 Å². The smallest absolute Gasteiger partial charge is 0.309 e. The molecule has 3 heterocycles. The zero-order chi connectivity index (χ0) is 19.0. The molecule has 27 heavy (non-hydrogen) atoms. The third kappa shape index (κ3) is 3.26. The van der Waals surface area contributed by atoms with Gasteiger partial charge in [-0.15, -0.1) is 11.3 Å². The fourth-order valence-electron chi connectivity index (χ4n) is 3.96. The van der Waals surface area contributed by atoms with Crippen LogP contribution in [0.5, 0.6) is 0 Å². The first-order valence-corrected chi connectivity index (χ1v) is 10.4. The molecule has 2 aromatic rings. The molecule has 8 heteroatoms. The lowest BCUT2D eigenvalue weighted by Crippen LogP contribution is -2.42. The van der Waals surface area contributed by atoms with Crippen LogP contribution in [-0.4, -0.2) is 45.9 Å². The van der Waals surface area contributed by atoms with Crippen molar-refractivity contribution < 1.29 is 14.3 Å². The number of hydrogen-bond acceptors (Lipinski definition) is 6. The maximum absolute atomic E-state index is 13.0. The van der Waals surface area contributed by atoms with Gasteiger partial charge >= 0.3 is 5.97 Å². The minimum Gasteiger partial charge on any atom is -0.466 e. The minimum absolute atomic E-state index is 0.119. The molecule has 7 nitrogen and oxygen atoms in total. The van der Waals surface area contributed by atoms with Crippen molar-refractivity contribution in [3.8, 4) is 0 Å². The van der Waals surface area contributed by atoms with Crippen LogP contribution in [0.25, 0.3) is 4.96 Å².